The Balaban J connectivity index is 2.29. The van der Waals surface area contributed by atoms with E-state index in [4.69, 9.17) is 5.11 Å². The third-order valence-electron chi connectivity index (χ3n) is 2.97. The molecule has 1 heterocycles. The fourth-order valence-electron chi connectivity index (χ4n) is 1.68. The first-order valence-corrected chi connectivity index (χ1v) is 7.63. The van der Waals surface area contributed by atoms with Crippen LogP contribution in [0, 0.1) is 5.41 Å². The first-order valence-electron chi connectivity index (χ1n) is 5.96. The van der Waals surface area contributed by atoms with Gasteiger partial charge in [-0.1, -0.05) is 0 Å². The maximum atomic E-state index is 11.0. The summed E-state index contributed by atoms with van der Waals surface area (Å²) in [6.45, 7) is 5.41. The predicted octanol–water partition coefficient (Wildman–Crippen LogP) is 3.83. The molecule has 18 heavy (non-hydrogen) atoms. The van der Waals surface area contributed by atoms with Crippen LogP contribution in [0.2, 0.25) is 0 Å². The quantitative estimate of drug-likeness (QED) is 0.824. The molecule has 0 aromatic carbocycles. The zero-order valence-electron chi connectivity index (χ0n) is 11.1. The van der Waals surface area contributed by atoms with Crippen molar-refractivity contribution in [3.05, 3.63) is 20.8 Å². The van der Waals surface area contributed by atoms with Crippen molar-refractivity contribution < 1.29 is 9.90 Å². The van der Waals surface area contributed by atoms with Crippen molar-refractivity contribution in [1.29, 1.82) is 0 Å². The molecular weight excluding hydrogens is 314 g/mol. The summed E-state index contributed by atoms with van der Waals surface area (Å²) in [6.07, 6.45) is 1.61. The van der Waals surface area contributed by atoms with E-state index >= 15 is 0 Å². The molecule has 5 heteroatoms. The summed E-state index contributed by atoms with van der Waals surface area (Å²) in [6, 6.07) is 2.13. The molecule has 0 aliphatic carbocycles. The van der Waals surface area contributed by atoms with E-state index < -0.39 is 11.4 Å². The lowest BCUT2D eigenvalue weighted by atomic mass is 9.88. The van der Waals surface area contributed by atoms with Crippen molar-refractivity contribution in [2.75, 3.05) is 13.6 Å². The minimum Gasteiger partial charge on any atom is -0.481 e. The van der Waals surface area contributed by atoms with Crippen LogP contribution in [0.3, 0.4) is 0 Å². The van der Waals surface area contributed by atoms with E-state index in [0.29, 0.717) is 6.42 Å². The largest absolute Gasteiger partial charge is 0.481 e. The fourth-order valence-corrected chi connectivity index (χ4v) is 3.21. The topological polar surface area (TPSA) is 40.5 Å². The van der Waals surface area contributed by atoms with Gasteiger partial charge in [-0.3, -0.25) is 4.79 Å². The van der Waals surface area contributed by atoms with Gasteiger partial charge in [0.15, 0.2) is 0 Å². The Morgan fingerprint density at radius 1 is 1.56 bits per heavy atom. The average molecular weight is 334 g/mol. The van der Waals surface area contributed by atoms with Crippen LogP contribution in [0.15, 0.2) is 15.9 Å². The van der Waals surface area contributed by atoms with E-state index in [1.165, 1.54) is 4.88 Å². The smallest absolute Gasteiger partial charge is 0.309 e. The van der Waals surface area contributed by atoms with Crippen LogP contribution < -0.4 is 0 Å². The molecule has 0 fully saturated rings. The van der Waals surface area contributed by atoms with Crippen LogP contribution in [-0.4, -0.2) is 29.6 Å². The molecule has 0 saturated carbocycles. The summed E-state index contributed by atoms with van der Waals surface area (Å²) in [5.41, 5.74) is -0.618. The third-order valence-corrected chi connectivity index (χ3v) is 4.65. The zero-order valence-corrected chi connectivity index (χ0v) is 13.5. The third kappa shape index (κ3) is 5.08. The molecule has 1 N–H and O–H groups in total. The summed E-state index contributed by atoms with van der Waals surface area (Å²) in [4.78, 5) is 14.5. The monoisotopic (exact) mass is 333 g/mol. The van der Waals surface area contributed by atoms with Gasteiger partial charge in [0, 0.05) is 21.3 Å². The molecule has 102 valence electrons. The van der Waals surface area contributed by atoms with E-state index in [1.807, 2.05) is 0 Å². The van der Waals surface area contributed by atoms with Crippen molar-refractivity contribution in [2.45, 2.75) is 33.2 Å². The Morgan fingerprint density at radius 3 is 2.72 bits per heavy atom. The van der Waals surface area contributed by atoms with Crippen molar-refractivity contribution >= 4 is 33.2 Å². The van der Waals surface area contributed by atoms with Gasteiger partial charge in [-0.05, 0) is 62.3 Å². The van der Waals surface area contributed by atoms with Crippen LogP contribution in [-0.2, 0) is 11.3 Å². The minimum atomic E-state index is -0.715. The van der Waals surface area contributed by atoms with Crippen LogP contribution in [0.25, 0.3) is 0 Å². The number of aliphatic carboxylic acids is 1. The van der Waals surface area contributed by atoms with Gasteiger partial charge in [0.25, 0.3) is 0 Å². The molecular formula is C13H20BrNO2S. The Morgan fingerprint density at radius 2 is 2.22 bits per heavy atom. The highest BCUT2D eigenvalue weighted by molar-refractivity contribution is 9.10. The molecule has 0 amide bonds. The molecule has 1 aromatic rings. The standard InChI is InChI=1S/C13H20BrNO2S/c1-13(2,12(16)17)5-4-6-15(3)8-11-7-10(14)9-18-11/h7,9H,4-6,8H2,1-3H3,(H,16,17). The fraction of sp³-hybridized carbons (Fsp3) is 0.615. The molecule has 3 nitrogen and oxygen atoms in total. The molecule has 0 bridgehead atoms. The maximum Gasteiger partial charge on any atom is 0.309 e. The Labute approximate surface area is 121 Å². The number of thiophene rings is 1. The lowest BCUT2D eigenvalue weighted by Gasteiger charge is -2.21. The van der Waals surface area contributed by atoms with Gasteiger partial charge in [-0.2, -0.15) is 0 Å². The second-order valence-corrected chi connectivity index (χ2v) is 7.17. The van der Waals surface area contributed by atoms with E-state index in [2.05, 4.69) is 39.3 Å². The molecule has 0 atom stereocenters. The van der Waals surface area contributed by atoms with E-state index in [0.717, 1.165) is 24.0 Å². The summed E-state index contributed by atoms with van der Waals surface area (Å²) in [7, 11) is 2.07. The number of rotatable bonds is 7. The van der Waals surface area contributed by atoms with Gasteiger partial charge in [0.2, 0.25) is 0 Å². The Bertz CT molecular complexity index is 403. The second-order valence-electron chi connectivity index (χ2n) is 5.26. The van der Waals surface area contributed by atoms with Gasteiger partial charge in [0.1, 0.15) is 0 Å². The van der Waals surface area contributed by atoms with Crippen LogP contribution >= 0.6 is 27.3 Å². The van der Waals surface area contributed by atoms with Crippen molar-refractivity contribution in [3.8, 4) is 0 Å². The first-order chi connectivity index (χ1) is 8.31. The number of carboxylic acid groups (broad SMARTS) is 1. The molecule has 0 radical (unpaired) electrons. The highest BCUT2D eigenvalue weighted by atomic mass is 79.9. The number of hydrogen-bond acceptors (Lipinski definition) is 3. The van der Waals surface area contributed by atoms with Gasteiger partial charge >= 0.3 is 5.97 Å². The van der Waals surface area contributed by atoms with Crippen LogP contribution in [0.4, 0.5) is 0 Å². The van der Waals surface area contributed by atoms with E-state index in [-0.39, 0.29) is 0 Å². The predicted molar refractivity (Wildman–Crippen MR) is 79.0 cm³/mol. The SMILES string of the molecule is CN(CCCC(C)(C)C(=O)O)Cc1cc(Br)cs1. The molecule has 0 unspecified atom stereocenters. The van der Waals surface area contributed by atoms with E-state index in [9.17, 15) is 4.79 Å². The van der Waals surface area contributed by atoms with Crippen molar-refractivity contribution in [1.82, 2.24) is 4.90 Å². The number of nitrogens with zero attached hydrogens (tertiary/aromatic N) is 1. The zero-order chi connectivity index (χ0) is 13.8. The molecule has 0 aliphatic heterocycles. The number of carboxylic acids is 1. The molecule has 0 saturated heterocycles. The van der Waals surface area contributed by atoms with Gasteiger partial charge in [-0.25, -0.2) is 0 Å². The minimum absolute atomic E-state index is 0.618. The van der Waals surface area contributed by atoms with E-state index in [1.54, 1.807) is 25.2 Å². The lowest BCUT2D eigenvalue weighted by molar-refractivity contribution is -0.147. The van der Waals surface area contributed by atoms with Crippen LogP contribution in [0.1, 0.15) is 31.6 Å². The summed E-state index contributed by atoms with van der Waals surface area (Å²) in [5, 5.41) is 11.1. The molecule has 0 spiro atoms. The van der Waals surface area contributed by atoms with Crippen LogP contribution in [0.5, 0.6) is 0 Å². The highest BCUT2D eigenvalue weighted by Gasteiger charge is 2.26. The van der Waals surface area contributed by atoms with Gasteiger partial charge in [-0.15, -0.1) is 11.3 Å². The van der Waals surface area contributed by atoms with Gasteiger partial charge < -0.3 is 10.0 Å². The number of carbonyl (C=O) groups is 1. The molecule has 0 aliphatic rings. The van der Waals surface area contributed by atoms with Crippen molar-refractivity contribution in [3.63, 3.8) is 0 Å². The summed E-state index contributed by atoms with van der Waals surface area (Å²) >= 11 is 5.18. The number of hydrogen-bond donors (Lipinski definition) is 1. The summed E-state index contributed by atoms with van der Waals surface area (Å²) < 4.78 is 1.13. The van der Waals surface area contributed by atoms with Gasteiger partial charge in [0.05, 0.1) is 5.41 Å². The Kier molecular flexibility index (Phi) is 5.82. The number of halogens is 1. The van der Waals surface area contributed by atoms with Crippen molar-refractivity contribution in [2.24, 2.45) is 5.41 Å². The second kappa shape index (κ2) is 6.68. The first kappa shape index (κ1) is 15.7. The highest BCUT2D eigenvalue weighted by Crippen LogP contribution is 2.23. The normalized spacial score (nSPS) is 12.1. The maximum absolute atomic E-state index is 11.0. The Hall–Kier alpha value is -0.390. The summed E-state index contributed by atoms with van der Waals surface area (Å²) in [5.74, 6) is -0.715. The lowest BCUT2D eigenvalue weighted by Crippen LogP contribution is -2.26. The molecule has 1 aromatic heterocycles. The molecule has 1 rings (SSSR count). The average Bonchev–Trinajstić information content (AvgIpc) is 2.63.